The molecule has 0 bridgehead atoms. The number of carbonyl (C=O) groups is 2. The molecule has 0 N–H and O–H groups in total. The summed E-state index contributed by atoms with van der Waals surface area (Å²) in [4.78, 5) is 21.4. The predicted octanol–water partition coefficient (Wildman–Crippen LogP) is 2.33. The molecule has 0 saturated carbocycles. The van der Waals surface area contributed by atoms with Crippen LogP contribution in [0.1, 0.15) is 46.0 Å². The Bertz CT molecular complexity index is 166. The molecule has 0 spiro atoms. The van der Waals surface area contributed by atoms with E-state index in [0.29, 0.717) is 19.4 Å². The molecule has 0 fully saturated rings. The minimum atomic E-state index is -0.190. The third kappa shape index (κ3) is 6.63. The van der Waals surface area contributed by atoms with Crippen molar-refractivity contribution < 1.29 is 14.3 Å². The number of ether oxygens (including phenoxy) is 1. The molecular formula is C11H20O3. The molecule has 0 aliphatic rings. The average molecular weight is 200 g/mol. The summed E-state index contributed by atoms with van der Waals surface area (Å²) >= 11 is 0. The summed E-state index contributed by atoms with van der Waals surface area (Å²) < 4.78 is 4.91. The maximum absolute atomic E-state index is 10.8. The van der Waals surface area contributed by atoms with Crippen molar-refractivity contribution in [1.82, 2.24) is 0 Å². The first-order valence-corrected chi connectivity index (χ1v) is 5.35. The van der Waals surface area contributed by atoms with Gasteiger partial charge in [0.25, 0.3) is 0 Å². The van der Waals surface area contributed by atoms with Crippen LogP contribution >= 0.6 is 0 Å². The molecule has 3 nitrogen and oxygen atoms in total. The molecule has 1 unspecified atom stereocenters. The zero-order valence-electron chi connectivity index (χ0n) is 9.12. The molecule has 0 rings (SSSR count). The molecule has 14 heavy (non-hydrogen) atoms. The van der Waals surface area contributed by atoms with Crippen LogP contribution in [0.2, 0.25) is 0 Å². The number of hydrogen-bond donors (Lipinski definition) is 0. The largest absolute Gasteiger partial charge is 0.466 e. The molecule has 0 saturated heterocycles. The van der Waals surface area contributed by atoms with Gasteiger partial charge in [-0.25, -0.2) is 0 Å². The van der Waals surface area contributed by atoms with E-state index in [-0.39, 0.29) is 11.9 Å². The summed E-state index contributed by atoms with van der Waals surface area (Å²) in [6.07, 6.45) is 5.10. The van der Waals surface area contributed by atoms with Crippen LogP contribution in [0.15, 0.2) is 0 Å². The summed E-state index contributed by atoms with van der Waals surface area (Å²) in [7, 11) is 0. The SMILES string of the molecule is CCCCC(C=O)CCOC(=O)CC. The monoisotopic (exact) mass is 200 g/mol. The molecule has 0 amide bonds. The van der Waals surface area contributed by atoms with E-state index in [1.54, 1.807) is 6.92 Å². The highest BCUT2D eigenvalue weighted by Gasteiger charge is 2.07. The second-order valence-electron chi connectivity index (χ2n) is 3.40. The van der Waals surface area contributed by atoms with Crippen LogP contribution in [0.5, 0.6) is 0 Å². The van der Waals surface area contributed by atoms with Gasteiger partial charge in [0, 0.05) is 12.3 Å². The van der Waals surface area contributed by atoms with Crippen LogP contribution < -0.4 is 0 Å². The summed E-state index contributed by atoms with van der Waals surface area (Å²) in [6.45, 7) is 4.23. The Morgan fingerprint density at radius 1 is 1.36 bits per heavy atom. The van der Waals surface area contributed by atoms with Crippen molar-refractivity contribution in [2.75, 3.05) is 6.61 Å². The average Bonchev–Trinajstić information content (AvgIpc) is 2.22. The molecule has 0 aliphatic carbocycles. The number of carbonyl (C=O) groups excluding carboxylic acids is 2. The molecule has 3 heteroatoms. The number of unbranched alkanes of at least 4 members (excludes halogenated alkanes) is 1. The summed E-state index contributed by atoms with van der Waals surface area (Å²) in [6, 6.07) is 0. The lowest BCUT2D eigenvalue weighted by Crippen LogP contribution is -2.10. The van der Waals surface area contributed by atoms with Gasteiger partial charge in [0.05, 0.1) is 6.61 Å². The van der Waals surface area contributed by atoms with Crippen molar-refractivity contribution in [2.45, 2.75) is 46.0 Å². The van der Waals surface area contributed by atoms with Crippen LogP contribution in [0.4, 0.5) is 0 Å². The molecule has 0 radical (unpaired) electrons. The van der Waals surface area contributed by atoms with Crippen molar-refractivity contribution in [3.8, 4) is 0 Å². The van der Waals surface area contributed by atoms with Gasteiger partial charge in [0.15, 0.2) is 0 Å². The van der Waals surface area contributed by atoms with Crippen LogP contribution in [0.25, 0.3) is 0 Å². The third-order valence-electron chi connectivity index (χ3n) is 2.16. The Hall–Kier alpha value is -0.860. The smallest absolute Gasteiger partial charge is 0.305 e. The maximum Gasteiger partial charge on any atom is 0.305 e. The first-order chi connectivity index (χ1) is 6.74. The number of rotatable bonds is 8. The first-order valence-electron chi connectivity index (χ1n) is 5.35. The molecule has 0 aromatic heterocycles. The van der Waals surface area contributed by atoms with Crippen LogP contribution in [0, 0.1) is 5.92 Å². The number of hydrogen-bond acceptors (Lipinski definition) is 3. The van der Waals surface area contributed by atoms with Gasteiger partial charge in [-0.1, -0.05) is 26.7 Å². The molecule has 0 aromatic rings. The summed E-state index contributed by atoms with van der Waals surface area (Å²) in [5, 5.41) is 0. The Morgan fingerprint density at radius 2 is 2.07 bits per heavy atom. The molecule has 1 atom stereocenters. The minimum Gasteiger partial charge on any atom is -0.466 e. The lowest BCUT2D eigenvalue weighted by Gasteiger charge is -2.09. The van der Waals surface area contributed by atoms with Gasteiger partial charge in [0.2, 0.25) is 0 Å². The van der Waals surface area contributed by atoms with E-state index >= 15 is 0 Å². The Balaban J connectivity index is 3.51. The highest BCUT2D eigenvalue weighted by Crippen LogP contribution is 2.10. The minimum absolute atomic E-state index is 0.0552. The van der Waals surface area contributed by atoms with E-state index in [9.17, 15) is 9.59 Å². The highest BCUT2D eigenvalue weighted by atomic mass is 16.5. The zero-order chi connectivity index (χ0) is 10.8. The van der Waals surface area contributed by atoms with E-state index in [0.717, 1.165) is 25.5 Å². The molecule has 0 heterocycles. The quantitative estimate of drug-likeness (QED) is 0.446. The predicted molar refractivity (Wildman–Crippen MR) is 54.9 cm³/mol. The van der Waals surface area contributed by atoms with E-state index in [1.165, 1.54) is 0 Å². The lowest BCUT2D eigenvalue weighted by molar-refractivity contribution is -0.143. The van der Waals surface area contributed by atoms with Crippen molar-refractivity contribution in [1.29, 1.82) is 0 Å². The third-order valence-corrected chi connectivity index (χ3v) is 2.16. The number of aldehydes is 1. The molecule has 0 aromatic carbocycles. The molecule has 0 aliphatic heterocycles. The van der Waals surface area contributed by atoms with Crippen molar-refractivity contribution in [2.24, 2.45) is 5.92 Å². The second-order valence-corrected chi connectivity index (χ2v) is 3.40. The molecule has 82 valence electrons. The summed E-state index contributed by atoms with van der Waals surface area (Å²) in [5.41, 5.74) is 0. The van der Waals surface area contributed by atoms with E-state index < -0.39 is 0 Å². The van der Waals surface area contributed by atoms with Crippen molar-refractivity contribution in [3.63, 3.8) is 0 Å². The first kappa shape index (κ1) is 13.1. The normalized spacial score (nSPS) is 12.1. The van der Waals surface area contributed by atoms with Gasteiger partial charge in [-0.3, -0.25) is 4.79 Å². The van der Waals surface area contributed by atoms with Gasteiger partial charge >= 0.3 is 5.97 Å². The van der Waals surface area contributed by atoms with Gasteiger partial charge in [-0.15, -0.1) is 0 Å². The highest BCUT2D eigenvalue weighted by molar-refractivity contribution is 5.68. The molecular weight excluding hydrogens is 180 g/mol. The van der Waals surface area contributed by atoms with Crippen molar-refractivity contribution >= 4 is 12.3 Å². The fraction of sp³-hybridized carbons (Fsp3) is 0.818. The lowest BCUT2D eigenvalue weighted by atomic mass is 10.0. The topological polar surface area (TPSA) is 43.4 Å². The Labute approximate surface area is 85.8 Å². The standard InChI is InChI=1S/C11H20O3/c1-3-5-6-10(9-12)7-8-14-11(13)4-2/h9-10H,3-8H2,1-2H3. The fourth-order valence-electron chi connectivity index (χ4n) is 1.17. The van der Waals surface area contributed by atoms with Gasteiger partial charge < -0.3 is 9.53 Å². The maximum atomic E-state index is 10.8. The second kappa shape index (κ2) is 8.73. The van der Waals surface area contributed by atoms with Crippen LogP contribution in [-0.4, -0.2) is 18.9 Å². The number of esters is 1. The van der Waals surface area contributed by atoms with Crippen LogP contribution in [-0.2, 0) is 14.3 Å². The van der Waals surface area contributed by atoms with E-state index in [4.69, 9.17) is 4.74 Å². The Morgan fingerprint density at radius 3 is 2.57 bits per heavy atom. The fourth-order valence-corrected chi connectivity index (χ4v) is 1.17. The van der Waals surface area contributed by atoms with Gasteiger partial charge in [0.1, 0.15) is 6.29 Å². The van der Waals surface area contributed by atoms with E-state index in [1.807, 2.05) is 0 Å². The van der Waals surface area contributed by atoms with Gasteiger partial charge in [-0.05, 0) is 12.8 Å². The van der Waals surface area contributed by atoms with Gasteiger partial charge in [-0.2, -0.15) is 0 Å². The van der Waals surface area contributed by atoms with E-state index in [2.05, 4.69) is 6.92 Å². The Kier molecular flexibility index (Phi) is 8.19. The zero-order valence-corrected chi connectivity index (χ0v) is 9.12. The van der Waals surface area contributed by atoms with Crippen molar-refractivity contribution in [3.05, 3.63) is 0 Å². The van der Waals surface area contributed by atoms with Crippen LogP contribution in [0.3, 0.4) is 0 Å². The summed E-state index contributed by atoms with van der Waals surface area (Å²) in [5.74, 6) is -0.134.